The second-order valence-corrected chi connectivity index (χ2v) is 3.89. The quantitative estimate of drug-likeness (QED) is 0.325. The van der Waals surface area contributed by atoms with E-state index < -0.39 is 0 Å². The molecule has 0 radical (unpaired) electrons. The summed E-state index contributed by atoms with van der Waals surface area (Å²) in [7, 11) is 0. The third-order valence-electron chi connectivity index (χ3n) is 2.66. The maximum absolute atomic E-state index is 11.8. The molecule has 1 aliphatic rings. The lowest BCUT2D eigenvalue weighted by Crippen LogP contribution is -2.15. The monoisotopic (exact) mass is 223 g/mol. The van der Waals surface area contributed by atoms with Crippen LogP contribution in [0.5, 0.6) is 0 Å². The van der Waals surface area contributed by atoms with Crippen molar-refractivity contribution in [1.29, 1.82) is 0 Å². The van der Waals surface area contributed by atoms with E-state index in [0.717, 1.165) is 49.9 Å². The van der Waals surface area contributed by atoms with Gasteiger partial charge in [0, 0.05) is 12.2 Å². The summed E-state index contributed by atoms with van der Waals surface area (Å²) in [5, 5.41) is 3.28. The van der Waals surface area contributed by atoms with Gasteiger partial charge in [0.2, 0.25) is 0 Å². The zero-order valence-corrected chi connectivity index (χ0v) is 10.1. The first kappa shape index (κ1) is 12.8. The number of hydrogen-bond acceptors (Lipinski definition) is 3. The number of carbonyl (C=O) groups excluding carboxylic acids is 1. The molecule has 0 aromatic heterocycles. The smallest absolute Gasteiger partial charge is 0.335 e. The summed E-state index contributed by atoms with van der Waals surface area (Å²) in [6.07, 6.45) is 6.66. The van der Waals surface area contributed by atoms with Crippen molar-refractivity contribution in [3.05, 3.63) is 23.9 Å². The van der Waals surface area contributed by atoms with Crippen molar-refractivity contribution in [3.63, 3.8) is 0 Å². The number of unbranched alkanes of at least 4 members (excludes halogenated alkanes) is 1. The average Bonchev–Trinajstić information content (AvgIpc) is 2.78. The first-order valence-electron chi connectivity index (χ1n) is 6.03. The van der Waals surface area contributed by atoms with Crippen LogP contribution in [-0.2, 0) is 9.53 Å². The first-order chi connectivity index (χ1) is 7.79. The molecule has 0 amide bonds. The second kappa shape index (κ2) is 7.09. The highest BCUT2D eigenvalue weighted by Gasteiger charge is 2.18. The largest absolute Gasteiger partial charge is 0.463 e. The number of nitrogens with one attached hydrogen (secondary N) is 1. The van der Waals surface area contributed by atoms with Gasteiger partial charge >= 0.3 is 5.97 Å². The fourth-order valence-corrected chi connectivity index (χ4v) is 1.87. The molecule has 3 heteroatoms. The lowest BCUT2D eigenvalue weighted by atomic mass is 10.1. The number of esters is 1. The summed E-state index contributed by atoms with van der Waals surface area (Å²) < 4.78 is 5.08. The Morgan fingerprint density at radius 1 is 1.62 bits per heavy atom. The van der Waals surface area contributed by atoms with Crippen molar-refractivity contribution in [2.45, 2.75) is 39.0 Å². The molecule has 0 saturated carbocycles. The summed E-state index contributed by atoms with van der Waals surface area (Å²) in [6.45, 7) is 6.94. The topological polar surface area (TPSA) is 38.3 Å². The van der Waals surface area contributed by atoms with Gasteiger partial charge in [0.1, 0.15) is 0 Å². The van der Waals surface area contributed by atoms with Gasteiger partial charge in [-0.15, -0.1) is 6.58 Å². The van der Waals surface area contributed by atoms with Gasteiger partial charge in [0.05, 0.1) is 12.2 Å². The van der Waals surface area contributed by atoms with Crippen LogP contribution >= 0.6 is 0 Å². The van der Waals surface area contributed by atoms with E-state index in [1.165, 1.54) is 0 Å². The highest BCUT2D eigenvalue weighted by molar-refractivity contribution is 5.89. The normalized spacial score (nSPS) is 17.8. The highest BCUT2D eigenvalue weighted by atomic mass is 16.5. The van der Waals surface area contributed by atoms with Gasteiger partial charge in [-0.05, 0) is 39.0 Å². The lowest BCUT2D eigenvalue weighted by molar-refractivity contribution is -0.138. The first-order valence-corrected chi connectivity index (χ1v) is 6.03. The number of ether oxygens (including phenoxy) is 1. The van der Waals surface area contributed by atoms with Crippen LogP contribution in [0.25, 0.3) is 0 Å². The molecular weight excluding hydrogens is 202 g/mol. The summed E-state index contributed by atoms with van der Waals surface area (Å²) in [5.41, 5.74) is 1.92. The maximum Gasteiger partial charge on any atom is 0.335 e. The van der Waals surface area contributed by atoms with Crippen LogP contribution in [0.1, 0.15) is 39.0 Å². The molecule has 1 saturated heterocycles. The van der Waals surface area contributed by atoms with E-state index in [1.54, 1.807) is 0 Å². The van der Waals surface area contributed by atoms with E-state index in [-0.39, 0.29) is 5.97 Å². The van der Waals surface area contributed by atoms with Gasteiger partial charge in [0.15, 0.2) is 0 Å². The van der Waals surface area contributed by atoms with Crippen LogP contribution in [0.3, 0.4) is 0 Å². The van der Waals surface area contributed by atoms with Gasteiger partial charge in [0.25, 0.3) is 0 Å². The molecule has 1 rings (SSSR count). The van der Waals surface area contributed by atoms with Crippen molar-refractivity contribution >= 4 is 5.97 Å². The minimum absolute atomic E-state index is 0.157. The predicted octanol–water partition coefficient (Wildman–Crippen LogP) is 2.54. The third-order valence-corrected chi connectivity index (χ3v) is 2.66. The molecule has 0 spiro atoms. The Balaban J connectivity index is 2.64. The standard InChI is InChI=1S/C13H21NO2/c1-3-5-6-8-11(13(15)16-4-2)12-9-7-10-14-12/h3,14H,1,4-10H2,2H3/b12-11+. The van der Waals surface area contributed by atoms with Crippen LogP contribution in [0.2, 0.25) is 0 Å². The van der Waals surface area contributed by atoms with Crippen molar-refractivity contribution in [3.8, 4) is 0 Å². The molecule has 0 aliphatic carbocycles. The third kappa shape index (κ3) is 3.72. The van der Waals surface area contributed by atoms with Crippen LogP contribution in [0, 0.1) is 0 Å². The van der Waals surface area contributed by atoms with E-state index in [1.807, 2.05) is 13.0 Å². The summed E-state index contributed by atoms with van der Waals surface area (Å²) in [4.78, 5) is 11.8. The Bertz CT molecular complexity index is 274. The van der Waals surface area contributed by atoms with Crippen LogP contribution < -0.4 is 5.32 Å². The van der Waals surface area contributed by atoms with Gasteiger partial charge in [-0.25, -0.2) is 4.79 Å². The van der Waals surface area contributed by atoms with Crippen LogP contribution in [-0.4, -0.2) is 19.1 Å². The van der Waals surface area contributed by atoms with Gasteiger partial charge in [-0.1, -0.05) is 6.08 Å². The predicted molar refractivity (Wildman–Crippen MR) is 64.9 cm³/mol. The zero-order valence-electron chi connectivity index (χ0n) is 10.1. The molecule has 3 nitrogen and oxygen atoms in total. The Morgan fingerprint density at radius 2 is 2.44 bits per heavy atom. The van der Waals surface area contributed by atoms with Crippen molar-refractivity contribution in [1.82, 2.24) is 5.32 Å². The van der Waals surface area contributed by atoms with E-state index in [4.69, 9.17) is 4.74 Å². The SMILES string of the molecule is C=CCCC/C(C(=O)OCC)=C1/CCCN1. The van der Waals surface area contributed by atoms with E-state index in [9.17, 15) is 4.79 Å². The van der Waals surface area contributed by atoms with E-state index in [2.05, 4.69) is 11.9 Å². The van der Waals surface area contributed by atoms with Gasteiger partial charge in [-0.3, -0.25) is 0 Å². The van der Waals surface area contributed by atoms with Crippen molar-refractivity contribution in [2.24, 2.45) is 0 Å². The van der Waals surface area contributed by atoms with Crippen LogP contribution in [0.4, 0.5) is 0 Å². The molecule has 0 atom stereocenters. The molecule has 16 heavy (non-hydrogen) atoms. The molecule has 0 aromatic rings. The molecule has 0 unspecified atom stereocenters. The Kier molecular flexibility index (Phi) is 5.68. The number of hydrogen-bond donors (Lipinski definition) is 1. The Hall–Kier alpha value is -1.25. The Labute approximate surface area is 97.6 Å². The molecule has 0 bridgehead atoms. The summed E-state index contributed by atoms with van der Waals surface area (Å²) >= 11 is 0. The molecule has 1 heterocycles. The summed E-state index contributed by atoms with van der Waals surface area (Å²) in [6, 6.07) is 0. The number of carbonyl (C=O) groups is 1. The second-order valence-electron chi connectivity index (χ2n) is 3.89. The van der Waals surface area contributed by atoms with Crippen LogP contribution in [0.15, 0.2) is 23.9 Å². The zero-order chi connectivity index (χ0) is 11.8. The molecule has 90 valence electrons. The van der Waals surface area contributed by atoms with Gasteiger partial charge in [-0.2, -0.15) is 0 Å². The lowest BCUT2D eigenvalue weighted by Gasteiger charge is -2.10. The molecule has 0 aromatic carbocycles. The molecule has 1 fully saturated rings. The number of rotatable bonds is 6. The average molecular weight is 223 g/mol. The Morgan fingerprint density at radius 3 is 3.00 bits per heavy atom. The van der Waals surface area contributed by atoms with E-state index in [0.29, 0.717) is 6.61 Å². The van der Waals surface area contributed by atoms with E-state index >= 15 is 0 Å². The van der Waals surface area contributed by atoms with Gasteiger partial charge < -0.3 is 10.1 Å². The minimum atomic E-state index is -0.157. The fourth-order valence-electron chi connectivity index (χ4n) is 1.87. The minimum Gasteiger partial charge on any atom is -0.463 e. The molecular formula is C13H21NO2. The summed E-state index contributed by atoms with van der Waals surface area (Å²) in [5.74, 6) is -0.157. The van der Waals surface area contributed by atoms with Crippen molar-refractivity contribution < 1.29 is 9.53 Å². The fraction of sp³-hybridized carbons (Fsp3) is 0.615. The van der Waals surface area contributed by atoms with Crippen molar-refractivity contribution in [2.75, 3.05) is 13.2 Å². The highest BCUT2D eigenvalue weighted by Crippen LogP contribution is 2.20. The maximum atomic E-state index is 11.8. The number of allylic oxidation sites excluding steroid dienone is 2. The molecule has 1 aliphatic heterocycles. The molecule has 1 N–H and O–H groups in total.